The number of rotatable bonds is 7. The zero-order valence-electron chi connectivity index (χ0n) is 12.8. The van der Waals surface area contributed by atoms with Crippen LogP contribution >= 0.6 is 0 Å². The number of ether oxygens (including phenoxy) is 1. The third kappa shape index (κ3) is 5.06. The van der Waals surface area contributed by atoms with Gasteiger partial charge in [-0.2, -0.15) is 0 Å². The number of ketones is 1. The van der Waals surface area contributed by atoms with Gasteiger partial charge >= 0.3 is 0 Å². The van der Waals surface area contributed by atoms with E-state index in [1.54, 1.807) is 6.92 Å². The van der Waals surface area contributed by atoms with Crippen molar-refractivity contribution < 1.29 is 9.53 Å². The Kier molecular flexibility index (Phi) is 6.07. The molecule has 0 saturated carbocycles. The predicted molar refractivity (Wildman–Crippen MR) is 80.0 cm³/mol. The monoisotopic (exact) mass is 262 g/mol. The molecule has 0 heterocycles. The van der Waals surface area contributed by atoms with E-state index in [9.17, 15) is 4.79 Å². The van der Waals surface area contributed by atoms with Crippen LogP contribution in [0.4, 0.5) is 0 Å². The average Bonchev–Trinajstić information content (AvgIpc) is 2.33. The summed E-state index contributed by atoms with van der Waals surface area (Å²) in [7, 11) is 0. The van der Waals surface area contributed by atoms with Crippen molar-refractivity contribution in [2.75, 3.05) is 6.61 Å². The Morgan fingerprint density at radius 1 is 1.16 bits per heavy atom. The van der Waals surface area contributed by atoms with Gasteiger partial charge in [0.05, 0.1) is 6.61 Å². The van der Waals surface area contributed by atoms with Gasteiger partial charge in [0, 0.05) is 6.42 Å². The zero-order valence-corrected chi connectivity index (χ0v) is 12.8. The maximum absolute atomic E-state index is 10.9. The van der Waals surface area contributed by atoms with E-state index in [0.29, 0.717) is 24.9 Å². The molecule has 0 fully saturated rings. The molecule has 0 aromatic heterocycles. The highest BCUT2D eigenvalue weighted by Crippen LogP contribution is 2.30. The molecule has 2 nitrogen and oxygen atoms in total. The van der Waals surface area contributed by atoms with Gasteiger partial charge in [0.25, 0.3) is 0 Å². The van der Waals surface area contributed by atoms with E-state index >= 15 is 0 Å². The molecule has 0 aliphatic carbocycles. The Morgan fingerprint density at radius 2 is 1.84 bits per heavy atom. The largest absolute Gasteiger partial charge is 0.493 e. The summed E-state index contributed by atoms with van der Waals surface area (Å²) in [5.74, 6) is 2.15. The third-order valence-corrected chi connectivity index (χ3v) is 3.26. The summed E-state index contributed by atoms with van der Waals surface area (Å²) >= 11 is 0. The summed E-state index contributed by atoms with van der Waals surface area (Å²) < 4.78 is 5.89. The van der Waals surface area contributed by atoms with Crippen LogP contribution in [0.3, 0.4) is 0 Å². The molecular weight excluding hydrogens is 236 g/mol. The first-order valence-electron chi connectivity index (χ1n) is 7.18. The molecule has 1 aromatic rings. The minimum Gasteiger partial charge on any atom is -0.493 e. The molecule has 106 valence electrons. The van der Waals surface area contributed by atoms with Gasteiger partial charge < -0.3 is 9.53 Å². The van der Waals surface area contributed by atoms with E-state index < -0.39 is 0 Å². The standard InChI is InChI=1S/C17H26O2/c1-12(2)15-8-9-16(13(3)4)17(11-15)19-10-6-7-14(5)18/h8-9,11-13H,6-7,10H2,1-5H3. The fourth-order valence-electron chi connectivity index (χ4n) is 2.02. The van der Waals surface area contributed by atoms with Gasteiger partial charge in [-0.15, -0.1) is 0 Å². The van der Waals surface area contributed by atoms with Crippen molar-refractivity contribution in [3.63, 3.8) is 0 Å². The summed E-state index contributed by atoms with van der Waals surface area (Å²) in [4.78, 5) is 10.9. The van der Waals surface area contributed by atoms with Gasteiger partial charge in [-0.05, 0) is 42.4 Å². The van der Waals surface area contributed by atoms with Crippen molar-refractivity contribution in [1.29, 1.82) is 0 Å². The molecule has 0 bridgehead atoms. The van der Waals surface area contributed by atoms with Crippen LogP contribution in [0, 0.1) is 0 Å². The van der Waals surface area contributed by atoms with E-state index in [1.165, 1.54) is 11.1 Å². The first kappa shape index (κ1) is 15.7. The van der Waals surface area contributed by atoms with Gasteiger partial charge in [0.15, 0.2) is 0 Å². The Hall–Kier alpha value is -1.31. The highest BCUT2D eigenvalue weighted by molar-refractivity contribution is 5.75. The second-order valence-corrected chi connectivity index (χ2v) is 5.76. The number of carbonyl (C=O) groups excluding carboxylic acids is 1. The Bertz CT molecular complexity index is 419. The fraction of sp³-hybridized carbons (Fsp3) is 0.588. The second kappa shape index (κ2) is 7.32. The third-order valence-electron chi connectivity index (χ3n) is 3.26. The molecule has 0 aliphatic rings. The maximum atomic E-state index is 10.9. The van der Waals surface area contributed by atoms with Crippen LogP contribution in [0.25, 0.3) is 0 Å². The van der Waals surface area contributed by atoms with Crippen molar-refractivity contribution >= 4 is 5.78 Å². The smallest absolute Gasteiger partial charge is 0.129 e. The van der Waals surface area contributed by atoms with Gasteiger partial charge in [-0.25, -0.2) is 0 Å². The lowest BCUT2D eigenvalue weighted by molar-refractivity contribution is -0.117. The summed E-state index contributed by atoms with van der Waals surface area (Å²) in [6.07, 6.45) is 1.39. The van der Waals surface area contributed by atoms with Crippen LogP contribution in [0.1, 0.15) is 70.4 Å². The molecule has 1 aromatic carbocycles. The van der Waals surface area contributed by atoms with Crippen LogP contribution in [-0.2, 0) is 4.79 Å². The minimum atomic E-state index is 0.226. The first-order chi connectivity index (χ1) is 8.91. The van der Waals surface area contributed by atoms with Crippen molar-refractivity contribution in [1.82, 2.24) is 0 Å². The predicted octanol–water partition coefficient (Wildman–Crippen LogP) is 4.68. The highest BCUT2D eigenvalue weighted by atomic mass is 16.5. The quantitative estimate of drug-likeness (QED) is 0.667. The molecule has 0 saturated heterocycles. The van der Waals surface area contributed by atoms with Crippen LogP contribution in [0.2, 0.25) is 0 Å². The topological polar surface area (TPSA) is 26.3 Å². The molecule has 0 amide bonds. The van der Waals surface area contributed by atoms with E-state index in [4.69, 9.17) is 4.74 Å². The van der Waals surface area contributed by atoms with Crippen LogP contribution in [-0.4, -0.2) is 12.4 Å². The summed E-state index contributed by atoms with van der Waals surface area (Å²) in [5, 5.41) is 0. The van der Waals surface area contributed by atoms with Crippen molar-refractivity contribution in [2.24, 2.45) is 0 Å². The number of hydrogen-bond acceptors (Lipinski definition) is 2. The average molecular weight is 262 g/mol. The molecule has 0 aliphatic heterocycles. The molecule has 0 spiro atoms. The van der Waals surface area contributed by atoms with Crippen molar-refractivity contribution in [2.45, 2.75) is 59.3 Å². The van der Waals surface area contributed by atoms with Crippen LogP contribution in [0.15, 0.2) is 18.2 Å². The van der Waals surface area contributed by atoms with Crippen LogP contribution < -0.4 is 4.74 Å². The molecule has 0 radical (unpaired) electrons. The molecule has 2 heteroatoms. The molecule has 19 heavy (non-hydrogen) atoms. The van der Waals surface area contributed by atoms with Gasteiger partial charge in [0.2, 0.25) is 0 Å². The minimum absolute atomic E-state index is 0.226. The lowest BCUT2D eigenvalue weighted by Crippen LogP contribution is -2.04. The van der Waals surface area contributed by atoms with E-state index in [-0.39, 0.29) is 5.78 Å². The molecule has 0 unspecified atom stereocenters. The Balaban J connectivity index is 2.77. The van der Waals surface area contributed by atoms with E-state index in [2.05, 4.69) is 45.9 Å². The van der Waals surface area contributed by atoms with Gasteiger partial charge in [-0.1, -0.05) is 39.8 Å². The number of carbonyl (C=O) groups is 1. The summed E-state index contributed by atoms with van der Waals surface area (Å²) in [6.45, 7) is 11.0. The summed E-state index contributed by atoms with van der Waals surface area (Å²) in [6, 6.07) is 6.50. The van der Waals surface area contributed by atoms with Crippen LogP contribution in [0.5, 0.6) is 5.75 Å². The second-order valence-electron chi connectivity index (χ2n) is 5.76. The van der Waals surface area contributed by atoms with Crippen molar-refractivity contribution in [3.8, 4) is 5.75 Å². The normalized spacial score (nSPS) is 11.1. The van der Waals surface area contributed by atoms with Crippen molar-refractivity contribution in [3.05, 3.63) is 29.3 Å². The lowest BCUT2D eigenvalue weighted by Gasteiger charge is -2.16. The maximum Gasteiger partial charge on any atom is 0.129 e. The molecular formula is C17H26O2. The highest BCUT2D eigenvalue weighted by Gasteiger charge is 2.10. The summed E-state index contributed by atoms with van der Waals surface area (Å²) in [5.41, 5.74) is 2.54. The SMILES string of the molecule is CC(=O)CCCOc1cc(C(C)C)ccc1C(C)C. The van der Waals surface area contributed by atoms with E-state index in [0.717, 1.165) is 12.2 Å². The van der Waals surface area contributed by atoms with Gasteiger partial charge in [-0.3, -0.25) is 0 Å². The van der Waals surface area contributed by atoms with E-state index in [1.807, 2.05) is 0 Å². The first-order valence-corrected chi connectivity index (χ1v) is 7.18. The van der Waals surface area contributed by atoms with Gasteiger partial charge in [0.1, 0.15) is 11.5 Å². The number of Topliss-reactive ketones (excluding diaryl/α,β-unsaturated/α-hetero) is 1. The molecule has 0 atom stereocenters. The molecule has 0 N–H and O–H groups in total. The Labute approximate surface area is 117 Å². The molecule has 1 rings (SSSR count). The lowest BCUT2D eigenvalue weighted by atomic mass is 9.96. The Morgan fingerprint density at radius 3 is 2.37 bits per heavy atom. The number of benzene rings is 1. The zero-order chi connectivity index (χ0) is 14.4. The number of hydrogen-bond donors (Lipinski definition) is 0. The fourth-order valence-corrected chi connectivity index (χ4v) is 2.02.